The van der Waals surface area contributed by atoms with Crippen LogP contribution >= 0.6 is 0 Å². The third-order valence-corrected chi connectivity index (χ3v) is 7.65. The van der Waals surface area contributed by atoms with E-state index < -0.39 is 11.6 Å². The number of nitrogens with zero attached hydrogens (tertiary/aromatic N) is 3. The molecule has 2 aromatic rings. The molecule has 3 atom stereocenters. The first-order chi connectivity index (χ1) is 15.5. The maximum atomic E-state index is 13.3. The number of benzene rings is 1. The van der Waals surface area contributed by atoms with E-state index in [-0.39, 0.29) is 12.0 Å². The summed E-state index contributed by atoms with van der Waals surface area (Å²) in [6.07, 6.45) is 11.4. The van der Waals surface area contributed by atoms with Crippen LogP contribution in [0.5, 0.6) is 0 Å². The van der Waals surface area contributed by atoms with Crippen LogP contribution in [-0.4, -0.2) is 58.3 Å². The van der Waals surface area contributed by atoms with Crippen molar-refractivity contribution >= 4 is 5.97 Å². The largest absolute Gasteiger partial charge is 0.457 e. The monoisotopic (exact) mass is 438 g/mol. The normalized spacial score (nSPS) is 25.5. The molecule has 2 heterocycles. The smallest absolute Gasteiger partial charge is 0.343 e. The molecule has 2 unspecified atom stereocenters. The Morgan fingerprint density at radius 1 is 1.09 bits per heavy atom. The number of quaternary nitrogens is 1. The fraction of sp³-hybridized carbons (Fsp3) is 0.577. The standard InChI is InChI=1S/C26H36N3O3/c1-29(19-8-15-24-27-16-9-17-28-24)18-7-14-23(29)20-32-25(30)26(31,22-12-5-6-13-22)21-10-3-2-4-11-21/h2-4,9-11,16-17,22-23,31H,5-8,12-15,18-20H2,1H3/q+1/t23?,26-,29?/m0/s1. The van der Waals surface area contributed by atoms with E-state index in [1.54, 1.807) is 12.4 Å². The van der Waals surface area contributed by atoms with Crippen molar-refractivity contribution in [3.05, 3.63) is 60.2 Å². The summed E-state index contributed by atoms with van der Waals surface area (Å²) in [5.74, 6) is 0.324. The second-order valence-corrected chi connectivity index (χ2v) is 9.70. The Morgan fingerprint density at radius 3 is 2.53 bits per heavy atom. The van der Waals surface area contributed by atoms with Crippen molar-refractivity contribution in [2.75, 3.05) is 26.7 Å². The molecule has 0 spiro atoms. The number of hydrogen-bond acceptors (Lipinski definition) is 5. The summed E-state index contributed by atoms with van der Waals surface area (Å²) in [5.41, 5.74) is -0.895. The van der Waals surface area contributed by atoms with Crippen molar-refractivity contribution in [2.24, 2.45) is 5.92 Å². The minimum absolute atomic E-state index is 0.0762. The number of carbonyl (C=O) groups excluding carboxylic acids is 1. The molecule has 6 heteroatoms. The Hall–Kier alpha value is -2.31. The topological polar surface area (TPSA) is 72.3 Å². The molecule has 2 aliphatic rings. The van der Waals surface area contributed by atoms with Gasteiger partial charge in [0.15, 0.2) is 5.60 Å². The van der Waals surface area contributed by atoms with E-state index in [2.05, 4.69) is 17.0 Å². The lowest BCUT2D eigenvalue weighted by Crippen LogP contribution is -2.52. The van der Waals surface area contributed by atoms with Crippen LogP contribution in [0.4, 0.5) is 0 Å². The van der Waals surface area contributed by atoms with Gasteiger partial charge in [-0.15, -0.1) is 0 Å². The first-order valence-corrected chi connectivity index (χ1v) is 12.1. The molecule has 0 bridgehead atoms. The van der Waals surface area contributed by atoms with Crippen molar-refractivity contribution in [3.63, 3.8) is 0 Å². The number of esters is 1. The van der Waals surface area contributed by atoms with Gasteiger partial charge in [-0.1, -0.05) is 43.2 Å². The second-order valence-electron chi connectivity index (χ2n) is 9.70. The van der Waals surface area contributed by atoms with Gasteiger partial charge in [0.05, 0.1) is 20.1 Å². The number of rotatable bonds is 9. The maximum absolute atomic E-state index is 13.3. The molecule has 1 aliphatic heterocycles. The first-order valence-electron chi connectivity index (χ1n) is 12.1. The molecule has 1 saturated carbocycles. The Labute approximate surface area is 191 Å². The highest BCUT2D eigenvalue weighted by Crippen LogP contribution is 2.41. The number of likely N-dealkylation sites (tertiary alicyclic amines) is 1. The van der Waals surface area contributed by atoms with E-state index in [9.17, 15) is 9.90 Å². The zero-order valence-corrected chi connectivity index (χ0v) is 19.2. The molecule has 4 rings (SSSR count). The van der Waals surface area contributed by atoms with Gasteiger partial charge in [-0.05, 0) is 24.5 Å². The number of aromatic nitrogens is 2. The van der Waals surface area contributed by atoms with Crippen molar-refractivity contribution in [3.8, 4) is 0 Å². The number of aliphatic hydroxyl groups is 1. The molecule has 32 heavy (non-hydrogen) atoms. The third-order valence-electron chi connectivity index (χ3n) is 7.65. The van der Waals surface area contributed by atoms with Gasteiger partial charge in [-0.2, -0.15) is 0 Å². The van der Waals surface area contributed by atoms with Gasteiger partial charge in [0.2, 0.25) is 0 Å². The summed E-state index contributed by atoms with van der Waals surface area (Å²) in [5, 5.41) is 11.6. The fourth-order valence-corrected chi connectivity index (χ4v) is 5.64. The summed E-state index contributed by atoms with van der Waals surface area (Å²) in [7, 11) is 2.26. The van der Waals surface area contributed by atoms with Gasteiger partial charge < -0.3 is 14.3 Å². The molecule has 1 N–H and O–H groups in total. The van der Waals surface area contributed by atoms with Gasteiger partial charge in [0.1, 0.15) is 18.5 Å². The van der Waals surface area contributed by atoms with Crippen LogP contribution in [0.1, 0.15) is 56.3 Å². The van der Waals surface area contributed by atoms with Crippen LogP contribution in [0.3, 0.4) is 0 Å². The number of likely N-dealkylation sites (N-methyl/N-ethyl adjacent to an activating group) is 1. The summed E-state index contributed by atoms with van der Waals surface area (Å²) >= 11 is 0. The lowest BCUT2D eigenvalue weighted by molar-refractivity contribution is -0.921. The third kappa shape index (κ3) is 4.86. The van der Waals surface area contributed by atoms with E-state index in [0.29, 0.717) is 12.2 Å². The van der Waals surface area contributed by atoms with E-state index in [0.717, 1.165) is 74.8 Å². The zero-order valence-electron chi connectivity index (χ0n) is 19.2. The van der Waals surface area contributed by atoms with E-state index in [1.807, 2.05) is 36.4 Å². The average molecular weight is 439 g/mol. The minimum Gasteiger partial charge on any atom is -0.457 e. The van der Waals surface area contributed by atoms with Gasteiger partial charge in [0, 0.05) is 44.0 Å². The molecule has 0 radical (unpaired) electrons. The minimum atomic E-state index is -1.55. The summed E-state index contributed by atoms with van der Waals surface area (Å²) in [6, 6.07) is 11.5. The van der Waals surface area contributed by atoms with Gasteiger partial charge in [0.25, 0.3) is 0 Å². The molecule has 2 fully saturated rings. The highest BCUT2D eigenvalue weighted by molar-refractivity contribution is 5.81. The summed E-state index contributed by atoms with van der Waals surface area (Å²) < 4.78 is 6.78. The quantitative estimate of drug-likeness (QED) is 0.478. The number of hydrogen-bond donors (Lipinski definition) is 1. The molecule has 1 aromatic heterocycles. The Morgan fingerprint density at radius 2 is 1.81 bits per heavy atom. The van der Waals surface area contributed by atoms with Gasteiger partial charge in [-0.25, -0.2) is 14.8 Å². The molecule has 1 aromatic carbocycles. The Balaban J connectivity index is 1.38. The van der Waals surface area contributed by atoms with Gasteiger partial charge in [-0.3, -0.25) is 0 Å². The van der Waals surface area contributed by atoms with Gasteiger partial charge >= 0.3 is 5.97 Å². The lowest BCUT2D eigenvalue weighted by Gasteiger charge is -2.37. The van der Waals surface area contributed by atoms with Crippen LogP contribution in [0.2, 0.25) is 0 Å². The molecule has 1 saturated heterocycles. The van der Waals surface area contributed by atoms with Crippen molar-refractivity contribution in [1.82, 2.24) is 9.97 Å². The van der Waals surface area contributed by atoms with Crippen LogP contribution in [0, 0.1) is 5.92 Å². The van der Waals surface area contributed by atoms with E-state index in [1.165, 1.54) is 0 Å². The van der Waals surface area contributed by atoms with Crippen LogP contribution in [0.15, 0.2) is 48.8 Å². The van der Waals surface area contributed by atoms with Crippen molar-refractivity contribution in [1.29, 1.82) is 0 Å². The van der Waals surface area contributed by atoms with Crippen LogP contribution in [0.25, 0.3) is 0 Å². The highest BCUT2D eigenvalue weighted by Gasteiger charge is 2.48. The summed E-state index contributed by atoms with van der Waals surface area (Å²) in [4.78, 5) is 22.0. The Kier molecular flexibility index (Phi) is 7.21. The zero-order chi connectivity index (χ0) is 22.4. The van der Waals surface area contributed by atoms with Crippen LogP contribution < -0.4 is 0 Å². The number of carbonyl (C=O) groups is 1. The maximum Gasteiger partial charge on any atom is 0.343 e. The molecule has 172 valence electrons. The average Bonchev–Trinajstić information content (AvgIpc) is 3.49. The summed E-state index contributed by atoms with van der Waals surface area (Å²) in [6.45, 7) is 2.45. The SMILES string of the molecule is C[N+]1(CCCc2ncccn2)CCCC1COC(=O)[C@](O)(c1ccccc1)C1CCCC1. The lowest BCUT2D eigenvalue weighted by atomic mass is 9.80. The second kappa shape index (κ2) is 10.1. The fourth-order valence-electron chi connectivity index (χ4n) is 5.64. The molecular formula is C26H36N3O3+. The molecule has 1 aliphatic carbocycles. The van der Waals surface area contributed by atoms with E-state index >= 15 is 0 Å². The predicted molar refractivity (Wildman–Crippen MR) is 123 cm³/mol. The predicted octanol–water partition coefficient (Wildman–Crippen LogP) is 3.64. The van der Waals surface area contributed by atoms with E-state index in [4.69, 9.17) is 4.74 Å². The molecular weight excluding hydrogens is 402 g/mol. The highest BCUT2D eigenvalue weighted by atomic mass is 16.6. The van der Waals surface area contributed by atoms with Crippen LogP contribution in [-0.2, 0) is 21.6 Å². The number of aryl methyl sites for hydroxylation is 1. The molecule has 6 nitrogen and oxygen atoms in total. The first kappa shape index (κ1) is 22.9. The van der Waals surface area contributed by atoms with Crippen molar-refractivity contribution in [2.45, 2.75) is 63.0 Å². The number of ether oxygens (including phenoxy) is 1. The molecule has 0 amide bonds. The Bertz CT molecular complexity index is 872. The van der Waals surface area contributed by atoms with Crippen molar-refractivity contribution < 1.29 is 19.1 Å².